The van der Waals surface area contributed by atoms with Gasteiger partial charge in [0.2, 0.25) is 0 Å². The molecule has 0 aliphatic carbocycles. The molecule has 1 saturated heterocycles. The van der Waals surface area contributed by atoms with Crippen molar-refractivity contribution in [1.29, 1.82) is 0 Å². The first-order valence-corrected chi connectivity index (χ1v) is 7.24. The highest BCUT2D eigenvalue weighted by atomic mass is 16.6. The van der Waals surface area contributed by atoms with Gasteiger partial charge in [-0.3, -0.25) is 10.1 Å². The Morgan fingerprint density at radius 3 is 3.10 bits per heavy atom. The topological polar surface area (TPSA) is 75.8 Å². The van der Waals surface area contributed by atoms with E-state index in [9.17, 15) is 15.2 Å². The van der Waals surface area contributed by atoms with Gasteiger partial charge in [-0.1, -0.05) is 12.1 Å². The fourth-order valence-electron chi connectivity index (χ4n) is 2.88. The minimum atomic E-state index is -0.703. The first-order chi connectivity index (χ1) is 10.1. The molecule has 2 rings (SSSR count). The van der Waals surface area contributed by atoms with E-state index in [1.165, 1.54) is 12.1 Å². The van der Waals surface area contributed by atoms with Crippen molar-refractivity contribution in [3.63, 3.8) is 0 Å². The SMILES string of the molecule is COCC1CCCN(CC(O)c2cccc([N+](=O)[O-])c2)C1. The number of aliphatic hydroxyl groups is 1. The molecule has 1 aliphatic rings. The molecule has 0 amide bonds. The molecule has 6 nitrogen and oxygen atoms in total. The largest absolute Gasteiger partial charge is 0.387 e. The first-order valence-electron chi connectivity index (χ1n) is 7.24. The van der Waals surface area contributed by atoms with Crippen LogP contribution < -0.4 is 0 Å². The van der Waals surface area contributed by atoms with Crippen LogP contribution in [0.15, 0.2) is 24.3 Å². The summed E-state index contributed by atoms with van der Waals surface area (Å²) in [5, 5.41) is 21.1. The van der Waals surface area contributed by atoms with Gasteiger partial charge in [-0.05, 0) is 30.9 Å². The van der Waals surface area contributed by atoms with Gasteiger partial charge in [0.05, 0.1) is 17.6 Å². The number of rotatable bonds is 6. The van der Waals surface area contributed by atoms with Crippen LogP contribution in [0.4, 0.5) is 5.69 Å². The minimum Gasteiger partial charge on any atom is -0.387 e. The van der Waals surface area contributed by atoms with Crippen molar-refractivity contribution < 1.29 is 14.8 Å². The Morgan fingerprint density at radius 2 is 2.38 bits per heavy atom. The lowest BCUT2D eigenvalue weighted by molar-refractivity contribution is -0.385. The summed E-state index contributed by atoms with van der Waals surface area (Å²) in [6, 6.07) is 6.22. The van der Waals surface area contributed by atoms with Crippen molar-refractivity contribution in [1.82, 2.24) is 4.90 Å². The van der Waals surface area contributed by atoms with Gasteiger partial charge in [0.15, 0.2) is 0 Å². The molecule has 2 unspecified atom stereocenters. The number of ether oxygens (including phenoxy) is 1. The summed E-state index contributed by atoms with van der Waals surface area (Å²) in [5.74, 6) is 0.501. The van der Waals surface area contributed by atoms with Crippen LogP contribution in [0, 0.1) is 16.0 Å². The average molecular weight is 294 g/mol. The Morgan fingerprint density at radius 1 is 1.57 bits per heavy atom. The van der Waals surface area contributed by atoms with Crippen LogP contribution in [-0.2, 0) is 4.74 Å². The monoisotopic (exact) mass is 294 g/mol. The van der Waals surface area contributed by atoms with Gasteiger partial charge in [0, 0.05) is 32.3 Å². The lowest BCUT2D eigenvalue weighted by Gasteiger charge is -2.33. The lowest BCUT2D eigenvalue weighted by atomic mass is 9.98. The number of nitrogens with zero attached hydrogens (tertiary/aromatic N) is 2. The Kier molecular flexibility index (Phi) is 5.67. The third kappa shape index (κ3) is 4.49. The van der Waals surface area contributed by atoms with E-state index in [2.05, 4.69) is 4.90 Å². The Labute approximate surface area is 124 Å². The molecule has 1 N–H and O–H groups in total. The van der Waals surface area contributed by atoms with E-state index in [0.717, 1.165) is 32.5 Å². The molecule has 1 aliphatic heterocycles. The lowest BCUT2D eigenvalue weighted by Crippen LogP contribution is -2.39. The third-order valence-corrected chi connectivity index (χ3v) is 3.90. The number of hydrogen-bond donors (Lipinski definition) is 1. The number of methoxy groups -OCH3 is 1. The summed E-state index contributed by atoms with van der Waals surface area (Å²) in [4.78, 5) is 12.5. The van der Waals surface area contributed by atoms with Crippen molar-refractivity contribution in [3.05, 3.63) is 39.9 Å². The zero-order valence-electron chi connectivity index (χ0n) is 12.3. The van der Waals surface area contributed by atoms with Crippen molar-refractivity contribution in [2.45, 2.75) is 18.9 Å². The average Bonchev–Trinajstić information content (AvgIpc) is 2.48. The number of nitro benzene ring substituents is 1. The highest BCUT2D eigenvalue weighted by Gasteiger charge is 2.22. The number of β-amino-alcohol motifs (C(OH)–C–C–N with tert-alkyl or cyclic N) is 1. The van der Waals surface area contributed by atoms with E-state index in [1.807, 2.05) is 0 Å². The molecular weight excluding hydrogens is 272 g/mol. The minimum absolute atomic E-state index is 0.0162. The first kappa shape index (κ1) is 15.9. The summed E-state index contributed by atoms with van der Waals surface area (Å²) in [6.07, 6.45) is 1.54. The Balaban J connectivity index is 1.95. The van der Waals surface area contributed by atoms with E-state index in [0.29, 0.717) is 18.0 Å². The van der Waals surface area contributed by atoms with Crippen LogP contribution in [0.25, 0.3) is 0 Å². The fourth-order valence-corrected chi connectivity index (χ4v) is 2.88. The second-order valence-electron chi connectivity index (χ2n) is 5.59. The normalized spacial score (nSPS) is 21.1. The van der Waals surface area contributed by atoms with Crippen LogP contribution in [0.3, 0.4) is 0 Å². The predicted molar refractivity (Wildman–Crippen MR) is 79.1 cm³/mol. The van der Waals surface area contributed by atoms with Crippen molar-refractivity contribution >= 4 is 5.69 Å². The zero-order chi connectivity index (χ0) is 15.2. The number of likely N-dealkylation sites (tertiary alicyclic amines) is 1. The summed E-state index contributed by atoms with van der Waals surface area (Å²) in [7, 11) is 1.71. The second-order valence-corrected chi connectivity index (χ2v) is 5.59. The van der Waals surface area contributed by atoms with Gasteiger partial charge < -0.3 is 14.7 Å². The van der Waals surface area contributed by atoms with Crippen LogP contribution >= 0.6 is 0 Å². The van der Waals surface area contributed by atoms with Crippen molar-refractivity contribution in [3.8, 4) is 0 Å². The maximum absolute atomic E-state index is 10.8. The molecule has 21 heavy (non-hydrogen) atoms. The quantitative estimate of drug-likeness (QED) is 0.641. The van der Waals surface area contributed by atoms with E-state index in [1.54, 1.807) is 19.2 Å². The number of non-ortho nitro benzene ring substituents is 1. The highest BCUT2D eigenvalue weighted by Crippen LogP contribution is 2.23. The predicted octanol–water partition coefficient (Wildman–Crippen LogP) is 1.99. The Bertz CT molecular complexity index is 478. The molecule has 1 heterocycles. The molecule has 0 radical (unpaired) electrons. The molecule has 0 bridgehead atoms. The molecule has 0 saturated carbocycles. The number of piperidine rings is 1. The molecule has 1 fully saturated rings. The molecule has 1 aromatic rings. The van der Waals surface area contributed by atoms with Gasteiger partial charge in [0.1, 0.15) is 0 Å². The summed E-state index contributed by atoms with van der Waals surface area (Å²) in [5.41, 5.74) is 0.612. The van der Waals surface area contributed by atoms with E-state index >= 15 is 0 Å². The number of benzene rings is 1. The molecule has 0 aromatic heterocycles. The van der Waals surface area contributed by atoms with Gasteiger partial charge in [-0.2, -0.15) is 0 Å². The zero-order valence-corrected chi connectivity index (χ0v) is 12.3. The van der Waals surface area contributed by atoms with Crippen LogP contribution in [0.2, 0.25) is 0 Å². The fraction of sp³-hybridized carbons (Fsp3) is 0.600. The molecule has 6 heteroatoms. The van der Waals surface area contributed by atoms with Crippen LogP contribution in [0.1, 0.15) is 24.5 Å². The maximum Gasteiger partial charge on any atom is 0.269 e. The number of hydrogen-bond acceptors (Lipinski definition) is 5. The van der Waals surface area contributed by atoms with Crippen LogP contribution in [0.5, 0.6) is 0 Å². The highest BCUT2D eigenvalue weighted by molar-refractivity contribution is 5.35. The smallest absolute Gasteiger partial charge is 0.269 e. The summed E-state index contributed by atoms with van der Waals surface area (Å²) in [6.45, 7) is 3.09. The maximum atomic E-state index is 10.8. The molecule has 116 valence electrons. The van der Waals surface area contributed by atoms with E-state index in [4.69, 9.17) is 4.74 Å². The van der Waals surface area contributed by atoms with Gasteiger partial charge in [-0.25, -0.2) is 0 Å². The Hall–Kier alpha value is -1.50. The van der Waals surface area contributed by atoms with Gasteiger partial charge in [-0.15, -0.1) is 0 Å². The van der Waals surface area contributed by atoms with E-state index in [-0.39, 0.29) is 5.69 Å². The second kappa shape index (κ2) is 7.49. The molecule has 2 atom stereocenters. The van der Waals surface area contributed by atoms with E-state index < -0.39 is 11.0 Å². The van der Waals surface area contributed by atoms with Crippen molar-refractivity contribution in [2.75, 3.05) is 33.4 Å². The summed E-state index contributed by atoms with van der Waals surface area (Å²) < 4.78 is 5.20. The van der Waals surface area contributed by atoms with Gasteiger partial charge >= 0.3 is 0 Å². The standard InChI is InChI=1S/C15H22N2O4/c1-21-11-12-4-3-7-16(9-12)10-15(18)13-5-2-6-14(8-13)17(19)20/h2,5-6,8,12,15,18H,3-4,7,9-11H2,1H3. The van der Waals surface area contributed by atoms with Crippen LogP contribution in [-0.4, -0.2) is 48.3 Å². The molecular formula is C15H22N2O4. The number of nitro groups is 1. The number of aliphatic hydroxyl groups excluding tert-OH is 1. The van der Waals surface area contributed by atoms with Crippen molar-refractivity contribution in [2.24, 2.45) is 5.92 Å². The van der Waals surface area contributed by atoms with Gasteiger partial charge in [0.25, 0.3) is 5.69 Å². The molecule has 1 aromatic carbocycles. The third-order valence-electron chi connectivity index (χ3n) is 3.90. The molecule has 0 spiro atoms. The summed E-state index contributed by atoms with van der Waals surface area (Å²) >= 11 is 0.